The van der Waals surface area contributed by atoms with Gasteiger partial charge < -0.3 is 11.1 Å². The molecule has 1 amide bonds. The zero-order valence-electron chi connectivity index (χ0n) is 11.9. The summed E-state index contributed by atoms with van der Waals surface area (Å²) < 4.78 is 1.64. The smallest absolute Gasteiger partial charge is 0.241 e. The first-order chi connectivity index (χ1) is 8.24. The number of aromatic nitrogens is 2. The van der Waals surface area contributed by atoms with E-state index in [0.29, 0.717) is 12.5 Å². The van der Waals surface area contributed by atoms with Crippen molar-refractivity contribution in [3.63, 3.8) is 0 Å². The van der Waals surface area contributed by atoms with Crippen LogP contribution in [0.5, 0.6) is 0 Å². The minimum Gasteiger partial charge on any atom is -0.354 e. The fourth-order valence-corrected chi connectivity index (χ4v) is 1.38. The standard InChI is InChI=1S/C13H24N4O/c1-9(2)13(3,4)8-15-12(18)11(14)10-6-16-17(5)7-10/h6-7,9,11H,8,14H2,1-5H3,(H,15,18). The van der Waals surface area contributed by atoms with Crippen molar-refractivity contribution in [2.75, 3.05) is 6.54 Å². The lowest BCUT2D eigenvalue weighted by Gasteiger charge is -2.29. The minimum absolute atomic E-state index is 0.0598. The molecular formula is C13H24N4O. The third-order valence-corrected chi connectivity index (χ3v) is 3.65. The van der Waals surface area contributed by atoms with Gasteiger partial charge in [0.2, 0.25) is 5.91 Å². The summed E-state index contributed by atoms with van der Waals surface area (Å²) >= 11 is 0. The van der Waals surface area contributed by atoms with Crippen LogP contribution in [0.1, 0.15) is 39.3 Å². The van der Waals surface area contributed by atoms with Crippen LogP contribution in [-0.2, 0) is 11.8 Å². The second-order valence-electron chi connectivity index (χ2n) is 5.79. The Morgan fingerprint density at radius 3 is 2.61 bits per heavy atom. The van der Waals surface area contributed by atoms with Crippen molar-refractivity contribution in [3.05, 3.63) is 18.0 Å². The molecule has 1 aromatic rings. The molecule has 0 bridgehead atoms. The molecule has 0 radical (unpaired) electrons. The second kappa shape index (κ2) is 5.52. The Labute approximate surface area is 109 Å². The van der Waals surface area contributed by atoms with E-state index in [-0.39, 0.29) is 11.3 Å². The van der Waals surface area contributed by atoms with Crippen LogP contribution in [0.15, 0.2) is 12.4 Å². The predicted octanol–water partition coefficient (Wildman–Crippen LogP) is 1.22. The van der Waals surface area contributed by atoms with Crippen LogP contribution in [0.2, 0.25) is 0 Å². The van der Waals surface area contributed by atoms with Crippen molar-refractivity contribution >= 4 is 5.91 Å². The van der Waals surface area contributed by atoms with Crippen molar-refractivity contribution in [3.8, 4) is 0 Å². The highest BCUT2D eigenvalue weighted by Crippen LogP contribution is 2.24. The summed E-state index contributed by atoms with van der Waals surface area (Å²) in [6.45, 7) is 9.18. The maximum Gasteiger partial charge on any atom is 0.241 e. The summed E-state index contributed by atoms with van der Waals surface area (Å²) in [5.41, 5.74) is 6.69. The summed E-state index contributed by atoms with van der Waals surface area (Å²) in [5.74, 6) is 0.337. The van der Waals surface area contributed by atoms with Gasteiger partial charge in [0.1, 0.15) is 6.04 Å². The Balaban J connectivity index is 2.56. The highest BCUT2D eigenvalue weighted by Gasteiger charge is 2.25. The highest BCUT2D eigenvalue weighted by atomic mass is 16.2. The van der Waals surface area contributed by atoms with E-state index < -0.39 is 6.04 Å². The molecule has 0 aliphatic heterocycles. The lowest BCUT2D eigenvalue weighted by atomic mass is 9.81. The van der Waals surface area contributed by atoms with Gasteiger partial charge in [-0.1, -0.05) is 27.7 Å². The molecular weight excluding hydrogens is 228 g/mol. The fraction of sp³-hybridized carbons (Fsp3) is 0.692. The molecule has 0 aliphatic carbocycles. The molecule has 1 unspecified atom stereocenters. The molecule has 0 saturated carbocycles. The Hall–Kier alpha value is -1.36. The van der Waals surface area contributed by atoms with Gasteiger partial charge in [0.05, 0.1) is 6.20 Å². The van der Waals surface area contributed by atoms with E-state index in [1.165, 1.54) is 0 Å². The van der Waals surface area contributed by atoms with E-state index >= 15 is 0 Å². The average Bonchev–Trinajstić information content (AvgIpc) is 2.71. The molecule has 3 N–H and O–H groups in total. The third kappa shape index (κ3) is 3.57. The summed E-state index contributed by atoms with van der Waals surface area (Å²) in [7, 11) is 1.80. The summed E-state index contributed by atoms with van der Waals surface area (Å²) in [6, 6.07) is -0.651. The number of nitrogens with two attached hydrogens (primary N) is 1. The van der Waals surface area contributed by atoms with Crippen molar-refractivity contribution in [1.29, 1.82) is 0 Å². The van der Waals surface area contributed by atoms with Gasteiger partial charge in [-0.05, 0) is 11.3 Å². The summed E-state index contributed by atoms with van der Waals surface area (Å²) in [6.07, 6.45) is 3.38. The van der Waals surface area contributed by atoms with Crippen LogP contribution in [0.4, 0.5) is 0 Å². The minimum atomic E-state index is -0.651. The molecule has 1 heterocycles. The van der Waals surface area contributed by atoms with E-state index in [9.17, 15) is 4.79 Å². The van der Waals surface area contributed by atoms with Gasteiger partial charge in [-0.2, -0.15) is 5.10 Å². The van der Waals surface area contributed by atoms with Crippen LogP contribution >= 0.6 is 0 Å². The van der Waals surface area contributed by atoms with Crippen LogP contribution in [-0.4, -0.2) is 22.2 Å². The van der Waals surface area contributed by atoms with Crippen LogP contribution < -0.4 is 11.1 Å². The zero-order valence-corrected chi connectivity index (χ0v) is 11.9. The number of hydrogen-bond acceptors (Lipinski definition) is 3. The Morgan fingerprint density at radius 1 is 1.56 bits per heavy atom. The second-order valence-corrected chi connectivity index (χ2v) is 5.79. The number of aryl methyl sites for hydroxylation is 1. The Bertz CT molecular complexity index is 409. The van der Waals surface area contributed by atoms with Gasteiger partial charge in [-0.15, -0.1) is 0 Å². The third-order valence-electron chi connectivity index (χ3n) is 3.65. The van der Waals surface area contributed by atoms with Gasteiger partial charge in [0, 0.05) is 25.4 Å². The average molecular weight is 252 g/mol. The van der Waals surface area contributed by atoms with Crippen LogP contribution in [0.3, 0.4) is 0 Å². The first kappa shape index (κ1) is 14.7. The largest absolute Gasteiger partial charge is 0.354 e. The van der Waals surface area contributed by atoms with Crippen molar-refractivity contribution in [2.24, 2.45) is 24.1 Å². The molecule has 1 aromatic heterocycles. The van der Waals surface area contributed by atoms with Gasteiger partial charge in [-0.25, -0.2) is 0 Å². The van der Waals surface area contributed by atoms with Gasteiger partial charge in [-0.3, -0.25) is 9.48 Å². The normalized spacial score (nSPS) is 13.7. The number of nitrogens with one attached hydrogen (secondary N) is 1. The molecule has 0 aromatic carbocycles. The number of nitrogens with zero attached hydrogens (tertiary/aromatic N) is 2. The number of amides is 1. The van der Waals surface area contributed by atoms with Crippen molar-refractivity contribution < 1.29 is 4.79 Å². The topological polar surface area (TPSA) is 72.9 Å². The van der Waals surface area contributed by atoms with Crippen molar-refractivity contribution in [1.82, 2.24) is 15.1 Å². The number of hydrogen-bond donors (Lipinski definition) is 2. The molecule has 5 heteroatoms. The number of rotatable bonds is 5. The molecule has 18 heavy (non-hydrogen) atoms. The monoisotopic (exact) mass is 252 g/mol. The number of carbonyl (C=O) groups is 1. The number of carbonyl (C=O) groups excluding carboxylic acids is 1. The molecule has 102 valence electrons. The van der Waals surface area contributed by atoms with E-state index in [0.717, 1.165) is 5.56 Å². The molecule has 0 fully saturated rings. The molecule has 1 atom stereocenters. The molecule has 5 nitrogen and oxygen atoms in total. The molecule has 0 aliphatic rings. The van der Waals surface area contributed by atoms with E-state index in [1.807, 2.05) is 0 Å². The van der Waals surface area contributed by atoms with Crippen LogP contribution in [0.25, 0.3) is 0 Å². The fourth-order valence-electron chi connectivity index (χ4n) is 1.38. The van der Waals surface area contributed by atoms with Gasteiger partial charge in [0.25, 0.3) is 0 Å². The maximum absolute atomic E-state index is 11.9. The van der Waals surface area contributed by atoms with Crippen molar-refractivity contribution in [2.45, 2.75) is 33.7 Å². The molecule has 1 rings (SSSR count). The SMILES string of the molecule is CC(C)C(C)(C)CNC(=O)C(N)c1cnn(C)c1. The lowest BCUT2D eigenvalue weighted by Crippen LogP contribution is -2.41. The molecule has 0 spiro atoms. The van der Waals surface area contributed by atoms with E-state index in [2.05, 4.69) is 38.1 Å². The lowest BCUT2D eigenvalue weighted by molar-refractivity contribution is -0.123. The quantitative estimate of drug-likeness (QED) is 0.827. The summed E-state index contributed by atoms with van der Waals surface area (Å²) in [5, 5.41) is 6.92. The van der Waals surface area contributed by atoms with E-state index in [4.69, 9.17) is 5.73 Å². The summed E-state index contributed by atoms with van der Waals surface area (Å²) in [4.78, 5) is 11.9. The zero-order chi connectivity index (χ0) is 13.9. The first-order valence-corrected chi connectivity index (χ1v) is 6.26. The predicted molar refractivity (Wildman–Crippen MR) is 71.8 cm³/mol. The highest BCUT2D eigenvalue weighted by molar-refractivity contribution is 5.82. The first-order valence-electron chi connectivity index (χ1n) is 6.26. The Morgan fingerprint density at radius 2 is 2.17 bits per heavy atom. The maximum atomic E-state index is 11.9. The Kier molecular flexibility index (Phi) is 4.51. The molecule has 0 saturated heterocycles. The van der Waals surface area contributed by atoms with E-state index in [1.54, 1.807) is 24.1 Å². The van der Waals surface area contributed by atoms with Gasteiger partial charge >= 0.3 is 0 Å². The van der Waals surface area contributed by atoms with Gasteiger partial charge in [0.15, 0.2) is 0 Å². The van der Waals surface area contributed by atoms with Crippen LogP contribution in [0, 0.1) is 11.3 Å².